The van der Waals surface area contributed by atoms with E-state index in [0.717, 1.165) is 0 Å². The van der Waals surface area contributed by atoms with Gasteiger partial charge >= 0.3 is 0 Å². The van der Waals surface area contributed by atoms with E-state index in [0.29, 0.717) is 0 Å². The molecule has 0 rings (SSSR count). The molecule has 0 spiro atoms. The summed E-state index contributed by atoms with van der Waals surface area (Å²) < 4.78 is 0. The van der Waals surface area contributed by atoms with Crippen molar-refractivity contribution in [2.75, 3.05) is 0 Å². The Bertz CT molecular complexity index is 8.49. The molecule has 0 bridgehead atoms. The van der Waals surface area contributed by atoms with Crippen molar-refractivity contribution in [3.8, 4) is 0 Å². The van der Waals surface area contributed by atoms with Crippen LogP contribution in [-0.4, -0.2) is 10.2 Å². The molecule has 0 aromatic heterocycles. The van der Waals surface area contributed by atoms with Crippen LogP contribution < -0.4 is 0 Å². The third-order valence-electron chi connectivity index (χ3n) is 0. The van der Waals surface area contributed by atoms with Gasteiger partial charge < -0.3 is 0 Å². The first-order valence-electron chi connectivity index (χ1n) is 0.500. The molecular weight excluding hydrogens is 574 g/mol. The van der Waals surface area contributed by atoms with Gasteiger partial charge in [-0.2, -0.15) is 0 Å². The van der Waals surface area contributed by atoms with Crippen molar-refractivity contribution in [1.29, 1.82) is 0 Å². The van der Waals surface area contributed by atoms with Crippen LogP contribution in [0.15, 0.2) is 0 Å². The Balaban J connectivity index is -0.000000000333. The zero-order valence-electron chi connectivity index (χ0n) is 4.96. The van der Waals surface area contributed by atoms with Crippen molar-refractivity contribution in [3.63, 3.8) is 0 Å². The normalized spacial score (nSPS) is 0.750. The Labute approximate surface area is 206 Å². The molecule has 7 heteroatoms. The number of rotatable bonds is 0. The Kier molecular flexibility index (Phi) is 282. The Morgan fingerprint density at radius 1 is 0.500 bits per heavy atom. The second-order valence-corrected chi connectivity index (χ2v) is 0. The van der Waals surface area contributed by atoms with E-state index in [1.807, 2.05) is 0 Å². The topological polar surface area (TPSA) is 0 Å². The molecule has 0 aliphatic rings. The minimum atomic E-state index is 0. The monoisotopic (exact) mass is 576 g/mol. The Hall–Kier alpha value is 6.84. The molecule has 0 N–H and O–H groups in total. The predicted molar refractivity (Wildman–Crippen MR) is 11.6 cm³/mol. The Morgan fingerprint density at radius 3 is 0.500 bits per heavy atom. The van der Waals surface area contributed by atoms with Crippen LogP contribution in [0.5, 0.6) is 0 Å². The summed E-state index contributed by atoms with van der Waals surface area (Å²) in [5.74, 6) is 0. The van der Waals surface area contributed by atoms with Gasteiger partial charge in [0.25, 0.3) is 0 Å². The van der Waals surface area contributed by atoms with Gasteiger partial charge in [-0.15, -0.1) is 0 Å². The predicted octanol–water partition coefficient (Wildman–Crippen LogP) is 0.188. The first-order valence-corrected chi connectivity index (χ1v) is 1.50. The second kappa shape index (κ2) is 48.8. The van der Waals surface area contributed by atoms with Crippen molar-refractivity contribution >= 4 is 10.2 Å². The average molecular weight is 577 g/mol. The fourth-order valence-corrected chi connectivity index (χ4v) is 0. The van der Waals surface area contributed by atoms with E-state index in [1.54, 1.807) is 6.55 Å². The van der Waals surface area contributed by atoms with Crippen molar-refractivity contribution in [2.24, 2.45) is 0 Å². The summed E-state index contributed by atoms with van der Waals surface area (Å²) in [4.78, 5) is 0. The van der Waals surface area contributed by atoms with Gasteiger partial charge in [0.2, 0.25) is 0 Å². The van der Waals surface area contributed by atoms with Crippen LogP contribution in [0.4, 0.5) is 0 Å². The van der Waals surface area contributed by atoms with Crippen molar-refractivity contribution < 1.29 is 196 Å². The molecular formula is CH3SiY6. The van der Waals surface area contributed by atoms with E-state index in [1.165, 1.54) is 0 Å². The van der Waals surface area contributed by atoms with E-state index < -0.39 is 0 Å². The quantitative estimate of drug-likeness (QED) is 0.362. The first kappa shape index (κ1) is 46.2. The standard InChI is InChI=1S/CH3Si.6Y/c1-2;;;;;;/h1H3;;;;;;. The number of hydrogen-bond donors (Lipinski definition) is 0. The molecule has 9 radical (unpaired) electrons. The molecule has 0 aliphatic carbocycles. The third kappa shape index (κ3) is 38.5. The molecule has 29 valence electrons. The summed E-state index contributed by atoms with van der Waals surface area (Å²) in [6.45, 7) is 1.81. The fraction of sp³-hybridized carbons (Fsp3) is 1.00. The van der Waals surface area contributed by atoms with Gasteiger partial charge in [-0.1, -0.05) is 6.55 Å². The van der Waals surface area contributed by atoms with Crippen LogP contribution in [0.2, 0.25) is 6.55 Å². The first-order chi connectivity index (χ1) is 1.00. The molecule has 0 aliphatic heterocycles. The van der Waals surface area contributed by atoms with Gasteiger partial charge in [0.05, 0.1) is 0 Å². The van der Waals surface area contributed by atoms with E-state index in [2.05, 4.69) is 10.2 Å². The maximum atomic E-state index is 2.97. The molecule has 8 heavy (non-hydrogen) atoms. The third-order valence-corrected chi connectivity index (χ3v) is 0. The van der Waals surface area contributed by atoms with E-state index in [4.69, 9.17) is 0 Å². The van der Waals surface area contributed by atoms with Crippen LogP contribution >= 0.6 is 0 Å². The van der Waals surface area contributed by atoms with Crippen LogP contribution in [0.1, 0.15) is 0 Å². The average Bonchev–Trinajstić information content (AvgIpc) is 1.00. The maximum absolute atomic E-state index is 2.97. The van der Waals surface area contributed by atoms with Crippen LogP contribution in [0.3, 0.4) is 0 Å². The summed E-state index contributed by atoms with van der Waals surface area (Å²) in [6, 6.07) is 0. The molecule has 0 fully saturated rings. The van der Waals surface area contributed by atoms with Gasteiger partial charge in [-0.25, -0.2) is 0 Å². The SMILES string of the molecule is C[Si].[Y].[Y].[Y].[Y].[Y].[Y]. The van der Waals surface area contributed by atoms with E-state index in [-0.39, 0.29) is 196 Å². The van der Waals surface area contributed by atoms with Gasteiger partial charge in [0.1, 0.15) is 0 Å². The zero-order chi connectivity index (χ0) is 2.00. The minimum Gasteiger partial charge on any atom is -0.0759 e. The molecule has 0 aromatic carbocycles. The molecule has 0 heterocycles. The van der Waals surface area contributed by atoms with Crippen LogP contribution in [0.25, 0.3) is 0 Å². The maximum Gasteiger partial charge on any atom is 0.0184 e. The van der Waals surface area contributed by atoms with Crippen molar-refractivity contribution in [2.45, 2.75) is 6.55 Å². The van der Waals surface area contributed by atoms with Crippen LogP contribution in [0, 0.1) is 0 Å². The van der Waals surface area contributed by atoms with Gasteiger partial charge in [-0.05, 0) is 0 Å². The molecule has 0 nitrogen and oxygen atoms in total. The fourth-order valence-electron chi connectivity index (χ4n) is 0. The number of hydrogen-bond acceptors (Lipinski definition) is 0. The smallest absolute Gasteiger partial charge is 0.0184 e. The van der Waals surface area contributed by atoms with E-state index in [9.17, 15) is 0 Å². The summed E-state index contributed by atoms with van der Waals surface area (Å²) in [5.41, 5.74) is 0. The molecule has 0 aromatic rings. The summed E-state index contributed by atoms with van der Waals surface area (Å²) in [7, 11) is 2.97. The van der Waals surface area contributed by atoms with Gasteiger partial charge in [0, 0.05) is 206 Å². The summed E-state index contributed by atoms with van der Waals surface area (Å²) >= 11 is 0. The van der Waals surface area contributed by atoms with E-state index >= 15 is 0 Å². The molecule has 0 atom stereocenters. The van der Waals surface area contributed by atoms with Crippen molar-refractivity contribution in [3.05, 3.63) is 0 Å². The van der Waals surface area contributed by atoms with Gasteiger partial charge in [-0.3, -0.25) is 0 Å². The molecule has 0 saturated heterocycles. The summed E-state index contributed by atoms with van der Waals surface area (Å²) in [6.07, 6.45) is 0. The zero-order valence-corrected chi connectivity index (χ0v) is 23.0. The largest absolute Gasteiger partial charge is 0.0759 e. The molecule has 0 saturated carbocycles. The molecule has 0 unspecified atom stereocenters. The minimum absolute atomic E-state index is 0. The summed E-state index contributed by atoms with van der Waals surface area (Å²) in [5, 5.41) is 0. The van der Waals surface area contributed by atoms with Crippen molar-refractivity contribution in [1.82, 2.24) is 0 Å². The Morgan fingerprint density at radius 2 is 0.500 bits per heavy atom. The van der Waals surface area contributed by atoms with Gasteiger partial charge in [0.15, 0.2) is 0 Å². The molecule has 0 amide bonds. The van der Waals surface area contributed by atoms with Crippen LogP contribution in [-0.2, 0) is 196 Å². The second-order valence-electron chi connectivity index (χ2n) is 0.